The number of hydrogen-bond donors (Lipinski definition) is 2. The number of rotatable bonds is 2. The van der Waals surface area contributed by atoms with Crippen LogP contribution < -0.4 is 11.5 Å². The van der Waals surface area contributed by atoms with Gasteiger partial charge in [-0.15, -0.1) is 0 Å². The summed E-state index contributed by atoms with van der Waals surface area (Å²) in [4.78, 5) is 0. The predicted molar refractivity (Wildman–Crippen MR) is 89.6 cm³/mol. The predicted octanol–water partition coefficient (Wildman–Crippen LogP) is 4.26. The van der Waals surface area contributed by atoms with E-state index in [1.54, 1.807) is 5.57 Å². The normalized spacial score (nSPS) is 31.7. The first kappa shape index (κ1) is 15.3. The summed E-state index contributed by atoms with van der Waals surface area (Å²) in [5.41, 5.74) is 15.6. The second kappa shape index (κ2) is 6.26. The van der Waals surface area contributed by atoms with Crippen LogP contribution in [-0.2, 0) is 0 Å². The Morgan fingerprint density at radius 3 is 2.10 bits per heavy atom. The van der Waals surface area contributed by atoms with E-state index >= 15 is 0 Å². The second-order valence-electron chi connectivity index (χ2n) is 7.68. The van der Waals surface area contributed by atoms with Gasteiger partial charge >= 0.3 is 0 Å². The standard InChI is InChI=1S/C19H32N2/c1-14-12-13-19(20,21)18(16-10-6-3-7-11-16)17(14)15-8-4-2-5-9-15/h12-13,15-16,18H,2-11,20-21H2,1H3. The van der Waals surface area contributed by atoms with Crippen LogP contribution in [0.4, 0.5) is 0 Å². The molecule has 3 rings (SSSR count). The maximum absolute atomic E-state index is 6.57. The zero-order valence-electron chi connectivity index (χ0n) is 13.6. The van der Waals surface area contributed by atoms with Gasteiger partial charge in [-0.2, -0.15) is 0 Å². The van der Waals surface area contributed by atoms with Gasteiger partial charge in [0.1, 0.15) is 0 Å². The molecule has 2 fully saturated rings. The van der Waals surface area contributed by atoms with Crippen LogP contribution in [-0.4, -0.2) is 5.66 Å². The molecule has 0 heterocycles. The van der Waals surface area contributed by atoms with Gasteiger partial charge in [-0.25, -0.2) is 0 Å². The zero-order valence-corrected chi connectivity index (χ0v) is 13.6. The molecule has 118 valence electrons. The minimum atomic E-state index is -0.631. The molecular weight excluding hydrogens is 256 g/mol. The summed E-state index contributed by atoms with van der Waals surface area (Å²) >= 11 is 0. The van der Waals surface area contributed by atoms with E-state index < -0.39 is 5.66 Å². The largest absolute Gasteiger partial charge is 0.310 e. The fraction of sp³-hybridized carbons (Fsp3) is 0.789. The first-order chi connectivity index (χ1) is 10.1. The van der Waals surface area contributed by atoms with E-state index in [2.05, 4.69) is 19.1 Å². The molecule has 0 spiro atoms. The van der Waals surface area contributed by atoms with Crippen molar-refractivity contribution in [3.8, 4) is 0 Å². The molecule has 0 saturated heterocycles. The highest BCUT2D eigenvalue weighted by Crippen LogP contribution is 2.46. The minimum Gasteiger partial charge on any atom is -0.310 e. The Labute approximate surface area is 130 Å². The summed E-state index contributed by atoms with van der Waals surface area (Å²) < 4.78 is 0. The summed E-state index contributed by atoms with van der Waals surface area (Å²) in [6.45, 7) is 2.28. The second-order valence-corrected chi connectivity index (χ2v) is 7.68. The molecule has 21 heavy (non-hydrogen) atoms. The monoisotopic (exact) mass is 288 g/mol. The Morgan fingerprint density at radius 2 is 1.48 bits per heavy atom. The number of hydrogen-bond acceptors (Lipinski definition) is 2. The molecule has 0 aromatic heterocycles. The molecule has 1 unspecified atom stereocenters. The Hall–Kier alpha value is -0.600. The third-order valence-electron chi connectivity index (χ3n) is 6.12. The van der Waals surface area contributed by atoms with Crippen molar-refractivity contribution in [1.82, 2.24) is 0 Å². The maximum Gasteiger partial charge on any atom is 0.0901 e. The SMILES string of the molecule is CC1=C(C2CCCCC2)C(C2CCCCC2)C(N)(N)C=C1. The molecule has 0 radical (unpaired) electrons. The van der Waals surface area contributed by atoms with Crippen LogP contribution in [0.3, 0.4) is 0 Å². The van der Waals surface area contributed by atoms with Crippen molar-refractivity contribution >= 4 is 0 Å². The van der Waals surface area contributed by atoms with Crippen molar-refractivity contribution in [2.45, 2.75) is 76.8 Å². The molecule has 0 aromatic rings. The lowest BCUT2D eigenvalue weighted by atomic mass is 9.63. The van der Waals surface area contributed by atoms with Crippen molar-refractivity contribution in [1.29, 1.82) is 0 Å². The number of nitrogens with two attached hydrogens (primary N) is 2. The lowest BCUT2D eigenvalue weighted by molar-refractivity contribution is 0.187. The third kappa shape index (κ3) is 3.12. The van der Waals surface area contributed by atoms with Crippen LogP contribution >= 0.6 is 0 Å². The molecule has 4 N–H and O–H groups in total. The highest BCUT2D eigenvalue weighted by molar-refractivity contribution is 5.38. The van der Waals surface area contributed by atoms with Crippen molar-refractivity contribution in [3.63, 3.8) is 0 Å². The maximum atomic E-state index is 6.57. The minimum absolute atomic E-state index is 0.380. The van der Waals surface area contributed by atoms with Gasteiger partial charge < -0.3 is 11.5 Å². The van der Waals surface area contributed by atoms with E-state index in [1.807, 2.05) is 0 Å². The van der Waals surface area contributed by atoms with E-state index in [1.165, 1.54) is 69.8 Å². The molecule has 0 amide bonds. The van der Waals surface area contributed by atoms with E-state index in [4.69, 9.17) is 11.5 Å². The summed E-state index contributed by atoms with van der Waals surface area (Å²) in [5.74, 6) is 1.82. The number of allylic oxidation sites excluding steroid dienone is 2. The first-order valence-electron chi connectivity index (χ1n) is 9.07. The Kier molecular flexibility index (Phi) is 4.56. The highest BCUT2D eigenvalue weighted by atomic mass is 15.0. The third-order valence-corrected chi connectivity index (χ3v) is 6.12. The van der Waals surface area contributed by atoms with Crippen LogP contribution in [0, 0.1) is 17.8 Å². The lowest BCUT2D eigenvalue weighted by Gasteiger charge is -2.46. The summed E-state index contributed by atoms with van der Waals surface area (Å²) in [5, 5.41) is 0. The molecule has 1 atom stereocenters. The molecule has 0 aromatic carbocycles. The zero-order chi connectivity index (χ0) is 14.9. The Morgan fingerprint density at radius 1 is 0.905 bits per heavy atom. The smallest absolute Gasteiger partial charge is 0.0901 e. The average molecular weight is 288 g/mol. The van der Waals surface area contributed by atoms with Crippen molar-refractivity contribution in [3.05, 3.63) is 23.3 Å². The van der Waals surface area contributed by atoms with Crippen LogP contribution in [0.1, 0.15) is 71.1 Å². The fourth-order valence-corrected chi connectivity index (χ4v) is 5.10. The van der Waals surface area contributed by atoms with Crippen LogP contribution in [0.5, 0.6) is 0 Å². The quantitative estimate of drug-likeness (QED) is 0.746. The summed E-state index contributed by atoms with van der Waals surface area (Å²) in [6.07, 6.45) is 17.9. The highest BCUT2D eigenvalue weighted by Gasteiger charge is 2.42. The van der Waals surface area contributed by atoms with Gasteiger partial charge in [-0.1, -0.05) is 55.7 Å². The average Bonchev–Trinajstić information content (AvgIpc) is 2.51. The Bertz CT molecular complexity index is 421. The van der Waals surface area contributed by atoms with Crippen molar-refractivity contribution in [2.24, 2.45) is 29.2 Å². The van der Waals surface area contributed by atoms with Gasteiger partial charge in [0, 0.05) is 5.92 Å². The topological polar surface area (TPSA) is 52.0 Å². The van der Waals surface area contributed by atoms with E-state index in [9.17, 15) is 0 Å². The van der Waals surface area contributed by atoms with Crippen LogP contribution in [0.2, 0.25) is 0 Å². The van der Waals surface area contributed by atoms with Crippen molar-refractivity contribution < 1.29 is 0 Å². The van der Waals surface area contributed by atoms with Gasteiger partial charge in [0.25, 0.3) is 0 Å². The fourth-order valence-electron chi connectivity index (χ4n) is 5.10. The van der Waals surface area contributed by atoms with Gasteiger partial charge in [0.05, 0.1) is 5.66 Å². The molecule has 0 aliphatic heterocycles. The van der Waals surface area contributed by atoms with E-state index in [0.29, 0.717) is 11.8 Å². The van der Waals surface area contributed by atoms with Crippen LogP contribution in [0.15, 0.2) is 23.3 Å². The summed E-state index contributed by atoms with van der Waals surface area (Å²) in [7, 11) is 0. The first-order valence-corrected chi connectivity index (χ1v) is 9.07. The lowest BCUT2D eigenvalue weighted by Crippen LogP contribution is -2.58. The van der Waals surface area contributed by atoms with Gasteiger partial charge in [-0.3, -0.25) is 0 Å². The van der Waals surface area contributed by atoms with Gasteiger partial charge in [0.15, 0.2) is 0 Å². The molecule has 3 aliphatic rings. The summed E-state index contributed by atoms with van der Waals surface area (Å²) in [6, 6.07) is 0. The molecule has 2 heteroatoms. The van der Waals surface area contributed by atoms with E-state index in [0.717, 1.165) is 5.92 Å². The van der Waals surface area contributed by atoms with Crippen LogP contribution in [0.25, 0.3) is 0 Å². The van der Waals surface area contributed by atoms with Gasteiger partial charge in [0.2, 0.25) is 0 Å². The van der Waals surface area contributed by atoms with E-state index in [-0.39, 0.29) is 0 Å². The molecule has 0 bridgehead atoms. The van der Waals surface area contributed by atoms with Gasteiger partial charge in [-0.05, 0) is 50.5 Å². The molecule has 2 saturated carbocycles. The molecular formula is C19H32N2. The molecule has 3 aliphatic carbocycles. The molecule has 2 nitrogen and oxygen atoms in total. The Balaban J connectivity index is 1.92. The van der Waals surface area contributed by atoms with Crippen molar-refractivity contribution in [2.75, 3.05) is 0 Å².